The Morgan fingerprint density at radius 3 is 1.72 bits per heavy atom. The van der Waals surface area contributed by atoms with Crippen LogP contribution in [0.15, 0.2) is 0 Å². The van der Waals surface area contributed by atoms with E-state index < -0.39 is 0 Å². The summed E-state index contributed by atoms with van der Waals surface area (Å²) in [5, 5.41) is 0. The quantitative estimate of drug-likeness (QED) is 0.518. The van der Waals surface area contributed by atoms with Crippen molar-refractivity contribution in [3.05, 3.63) is 0 Å². The van der Waals surface area contributed by atoms with Crippen LogP contribution in [0.5, 0.6) is 0 Å². The summed E-state index contributed by atoms with van der Waals surface area (Å²) in [7, 11) is 0. The van der Waals surface area contributed by atoms with Gasteiger partial charge >= 0.3 is 11.9 Å². The van der Waals surface area contributed by atoms with Crippen molar-refractivity contribution >= 4 is 43.8 Å². The third-order valence-corrected chi connectivity index (χ3v) is 3.84. The second-order valence-corrected chi connectivity index (χ2v) is 5.58. The lowest BCUT2D eigenvalue weighted by Gasteiger charge is -2.35. The SMILES string of the molecule is O=C(CC1(CC(=O)OCBr)CCCCC1)OCBr. The Hall–Kier alpha value is -0.100. The molecule has 0 aromatic carbocycles. The maximum absolute atomic E-state index is 11.6. The fraction of sp³-hybridized carbons (Fsp3) is 0.833. The largest absolute Gasteiger partial charge is 0.454 e. The molecule has 6 heteroatoms. The molecular formula is C12H18Br2O4. The van der Waals surface area contributed by atoms with Crippen LogP contribution in [0.1, 0.15) is 44.9 Å². The lowest BCUT2D eigenvalue weighted by molar-refractivity contribution is -0.149. The number of esters is 2. The third-order valence-electron chi connectivity index (χ3n) is 3.38. The molecule has 0 aromatic rings. The van der Waals surface area contributed by atoms with Crippen molar-refractivity contribution in [2.24, 2.45) is 5.41 Å². The van der Waals surface area contributed by atoms with E-state index in [1.54, 1.807) is 0 Å². The summed E-state index contributed by atoms with van der Waals surface area (Å²) < 4.78 is 9.86. The first-order valence-electron chi connectivity index (χ1n) is 6.05. The van der Waals surface area contributed by atoms with Gasteiger partial charge in [0.25, 0.3) is 0 Å². The highest BCUT2D eigenvalue weighted by Gasteiger charge is 2.37. The van der Waals surface area contributed by atoms with Crippen LogP contribution in [-0.4, -0.2) is 23.0 Å². The highest BCUT2D eigenvalue weighted by atomic mass is 79.9. The molecule has 0 spiro atoms. The molecule has 1 aliphatic rings. The minimum Gasteiger partial charge on any atom is -0.454 e. The van der Waals surface area contributed by atoms with E-state index in [1.807, 2.05) is 0 Å². The molecule has 0 radical (unpaired) electrons. The molecule has 18 heavy (non-hydrogen) atoms. The highest BCUT2D eigenvalue weighted by molar-refractivity contribution is 9.09. The van der Waals surface area contributed by atoms with Crippen molar-refractivity contribution in [2.75, 3.05) is 11.0 Å². The molecule has 0 heterocycles. The normalized spacial score (nSPS) is 18.1. The maximum atomic E-state index is 11.6. The molecule has 0 aromatic heterocycles. The molecule has 0 amide bonds. The van der Waals surface area contributed by atoms with Crippen molar-refractivity contribution in [2.45, 2.75) is 44.9 Å². The first kappa shape index (κ1) is 16.0. The molecule has 1 fully saturated rings. The van der Waals surface area contributed by atoms with Gasteiger partial charge in [-0.2, -0.15) is 0 Å². The first-order chi connectivity index (χ1) is 8.62. The number of hydrogen-bond donors (Lipinski definition) is 0. The van der Waals surface area contributed by atoms with Gasteiger partial charge < -0.3 is 9.47 Å². The van der Waals surface area contributed by atoms with E-state index in [4.69, 9.17) is 9.47 Å². The predicted octanol–water partition coefficient (Wildman–Crippen LogP) is 3.51. The number of ether oxygens (including phenoxy) is 2. The van der Waals surface area contributed by atoms with Gasteiger partial charge in [0.05, 0.1) is 12.8 Å². The van der Waals surface area contributed by atoms with E-state index >= 15 is 0 Å². The van der Waals surface area contributed by atoms with Gasteiger partial charge in [-0.15, -0.1) is 0 Å². The van der Waals surface area contributed by atoms with E-state index in [0.717, 1.165) is 25.7 Å². The van der Waals surface area contributed by atoms with E-state index in [0.29, 0.717) is 12.8 Å². The van der Waals surface area contributed by atoms with E-state index in [-0.39, 0.29) is 28.4 Å². The first-order valence-corrected chi connectivity index (χ1v) is 8.29. The van der Waals surface area contributed by atoms with Crippen LogP contribution in [0, 0.1) is 5.41 Å². The molecule has 4 nitrogen and oxygen atoms in total. The van der Waals surface area contributed by atoms with Crippen LogP contribution in [0.4, 0.5) is 0 Å². The summed E-state index contributed by atoms with van der Waals surface area (Å²) in [5.74, 6) is -0.499. The highest BCUT2D eigenvalue weighted by Crippen LogP contribution is 2.42. The van der Waals surface area contributed by atoms with Crippen LogP contribution < -0.4 is 0 Å². The van der Waals surface area contributed by atoms with Gasteiger partial charge in [-0.25, -0.2) is 0 Å². The molecule has 0 bridgehead atoms. The summed E-state index contributed by atoms with van der Waals surface area (Å²) in [5.41, 5.74) is 0.137. The van der Waals surface area contributed by atoms with E-state index in [2.05, 4.69) is 31.9 Å². The molecule has 1 saturated carbocycles. The number of halogens is 2. The van der Waals surface area contributed by atoms with Gasteiger partial charge in [-0.3, -0.25) is 9.59 Å². The lowest BCUT2D eigenvalue weighted by atomic mass is 9.69. The fourth-order valence-corrected chi connectivity index (χ4v) is 3.06. The van der Waals surface area contributed by atoms with E-state index in [9.17, 15) is 9.59 Å². The number of carbonyl (C=O) groups is 2. The summed E-state index contributed by atoms with van der Waals surface area (Å²) in [6, 6.07) is 0. The molecular weight excluding hydrogens is 368 g/mol. The zero-order chi connectivity index (χ0) is 13.4. The van der Waals surface area contributed by atoms with Gasteiger partial charge in [0, 0.05) is 0 Å². The zero-order valence-electron chi connectivity index (χ0n) is 10.3. The summed E-state index contributed by atoms with van der Waals surface area (Å²) >= 11 is 6.13. The molecule has 1 aliphatic carbocycles. The average Bonchev–Trinajstić information content (AvgIpc) is 2.30. The molecule has 0 saturated heterocycles. The minimum atomic E-state index is -0.267. The Kier molecular flexibility index (Phi) is 7.22. The average molecular weight is 386 g/mol. The number of rotatable bonds is 6. The van der Waals surface area contributed by atoms with Crippen LogP contribution in [-0.2, 0) is 19.1 Å². The third kappa shape index (κ3) is 5.26. The predicted molar refractivity (Wildman–Crippen MR) is 74.5 cm³/mol. The molecule has 104 valence electrons. The van der Waals surface area contributed by atoms with Crippen LogP contribution in [0.2, 0.25) is 0 Å². The molecule has 0 atom stereocenters. The Balaban J connectivity index is 2.62. The number of alkyl halides is 2. The fourth-order valence-electron chi connectivity index (χ4n) is 2.55. The molecule has 0 N–H and O–H groups in total. The maximum Gasteiger partial charge on any atom is 0.307 e. The van der Waals surface area contributed by atoms with Crippen LogP contribution in [0.3, 0.4) is 0 Å². The topological polar surface area (TPSA) is 52.6 Å². The number of hydrogen-bond acceptors (Lipinski definition) is 4. The standard InChI is InChI=1S/C12H18Br2O4/c13-8-17-10(15)6-12(4-2-1-3-5-12)7-11(16)18-9-14/h1-9H2. The monoisotopic (exact) mass is 384 g/mol. The van der Waals surface area contributed by atoms with E-state index in [1.165, 1.54) is 6.42 Å². The molecule has 0 aliphatic heterocycles. The van der Waals surface area contributed by atoms with Crippen LogP contribution in [0.25, 0.3) is 0 Å². The number of carbonyl (C=O) groups excluding carboxylic acids is 2. The van der Waals surface area contributed by atoms with Gasteiger partial charge in [0.1, 0.15) is 11.0 Å². The Bertz CT molecular complexity index is 266. The van der Waals surface area contributed by atoms with Gasteiger partial charge in [-0.1, -0.05) is 19.3 Å². The van der Waals surface area contributed by atoms with Gasteiger partial charge in [0.2, 0.25) is 0 Å². The second kappa shape index (κ2) is 8.15. The summed E-state index contributed by atoms with van der Waals surface area (Å²) in [6.07, 6.45) is 5.67. The Labute approximate surface area is 124 Å². The van der Waals surface area contributed by atoms with Crippen molar-refractivity contribution in [1.82, 2.24) is 0 Å². The molecule has 1 rings (SSSR count). The zero-order valence-corrected chi connectivity index (χ0v) is 13.4. The van der Waals surface area contributed by atoms with Crippen molar-refractivity contribution < 1.29 is 19.1 Å². The molecule has 0 unspecified atom stereocenters. The van der Waals surface area contributed by atoms with Crippen molar-refractivity contribution in [3.8, 4) is 0 Å². The summed E-state index contributed by atoms with van der Waals surface area (Å²) in [4.78, 5) is 23.3. The van der Waals surface area contributed by atoms with Crippen molar-refractivity contribution in [3.63, 3.8) is 0 Å². The smallest absolute Gasteiger partial charge is 0.307 e. The Morgan fingerprint density at radius 2 is 1.33 bits per heavy atom. The van der Waals surface area contributed by atoms with Crippen molar-refractivity contribution in [1.29, 1.82) is 0 Å². The minimum absolute atomic E-state index is 0.202. The summed E-state index contributed by atoms with van der Waals surface area (Å²) in [6.45, 7) is 0. The second-order valence-electron chi connectivity index (χ2n) is 4.67. The van der Waals surface area contributed by atoms with Gasteiger partial charge in [0.15, 0.2) is 0 Å². The van der Waals surface area contributed by atoms with Crippen LogP contribution >= 0.6 is 31.9 Å². The Morgan fingerprint density at radius 1 is 0.889 bits per heavy atom. The van der Waals surface area contributed by atoms with Gasteiger partial charge in [-0.05, 0) is 50.1 Å². The lowest BCUT2D eigenvalue weighted by Crippen LogP contribution is -2.31.